The van der Waals surface area contributed by atoms with Gasteiger partial charge in [0.2, 0.25) is 5.91 Å². The first kappa shape index (κ1) is 40.8. The molecule has 3 rings (SSSR count). The average Bonchev–Trinajstić information content (AvgIpc) is 3.64. The van der Waals surface area contributed by atoms with Crippen LogP contribution in [0.3, 0.4) is 0 Å². The second-order valence-corrected chi connectivity index (χ2v) is 15.6. The first-order chi connectivity index (χ1) is 23.4. The van der Waals surface area contributed by atoms with Crippen LogP contribution in [0.2, 0.25) is 0 Å². The fourth-order valence-corrected chi connectivity index (χ4v) is 6.30. The summed E-state index contributed by atoms with van der Waals surface area (Å²) in [6.45, 7) is 20.5. The molecule has 2 fully saturated rings. The number of carbonyl (C=O) groups is 4. The summed E-state index contributed by atoms with van der Waals surface area (Å²) < 4.78 is 22.7. The van der Waals surface area contributed by atoms with Crippen molar-refractivity contribution in [2.24, 2.45) is 5.92 Å². The maximum Gasteiger partial charge on any atom is 0.412 e. The average molecular weight is 701 g/mol. The van der Waals surface area contributed by atoms with Gasteiger partial charge in [0.15, 0.2) is 0 Å². The molecule has 0 radical (unpaired) electrons. The highest BCUT2D eigenvalue weighted by molar-refractivity contribution is 5.88. The summed E-state index contributed by atoms with van der Waals surface area (Å²) >= 11 is 0. The molecule has 2 aliphatic heterocycles. The molecule has 3 amide bonds. The van der Waals surface area contributed by atoms with E-state index in [1.807, 2.05) is 91.8 Å². The minimum absolute atomic E-state index is 0.139. The first-order valence-electron chi connectivity index (χ1n) is 17.9. The Labute approximate surface area is 298 Å². The highest BCUT2D eigenvalue weighted by Crippen LogP contribution is 2.34. The van der Waals surface area contributed by atoms with Gasteiger partial charge in [-0.05, 0) is 106 Å². The Morgan fingerprint density at radius 3 is 2.32 bits per heavy atom. The summed E-state index contributed by atoms with van der Waals surface area (Å²) in [5, 5.41) is 6.24. The monoisotopic (exact) mass is 700 g/mol. The lowest BCUT2D eigenvalue weighted by molar-refractivity contribution is -0.163. The van der Waals surface area contributed by atoms with E-state index < -0.39 is 47.2 Å². The van der Waals surface area contributed by atoms with Gasteiger partial charge in [-0.3, -0.25) is 9.69 Å². The summed E-state index contributed by atoms with van der Waals surface area (Å²) in [4.78, 5) is 55.9. The van der Waals surface area contributed by atoms with Crippen molar-refractivity contribution in [3.05, 3.63) is 48.6 Å². The summed E-state index contributed by atoms with van der Waals surface area (Å²) in [5.41, 5.74) is -1.27. The summed E-state index contributed by atoms with van der Waals surface area (Å²) in [7, 11) is 0. The molecule has 0 spiro atoms. The van der Waals surface area contributed by atoms with Crippen LogP contribution in [0.1, 0.15) is 99.5 Å². The Bertz CT molecular complexity index is 1290. The second-order valence-electron chi connectivity index (χ2n) is 15.6. The van der Waals surface area contributed by atoms with Crippen LogP contribution < -0.4 is 10.6 Å². The van der Waals surface area contributed by atoms with Gasteiger partial charge in [-0.15, -0.1) is 6.58 Å². The van der Waals surface area contributed by atoms with E-state index in [2.05, 4.69) is 17.2 Å². The van der Waals surface area contributed by atoms with Gasteiger partial charge in [0, 0.05) is 19.0 Å². The fraction of sp³-hybridized carbons (Fsp3) is 0.684. The molecular weight excluding hydrogens is 640 g/mol. The molecule has 1 aromatic carbocycles. The fourth-order valence-electron chi connectivity index (χ4n) is 6.30. The number of benzene rings is 1. The highest BCUT2D eigenvalue weighted by atomic mass is 16.6. The number of unbranched alkanes of at least 4 members (excludes halogenated alkanes) is 1. The SMILES string of the molecule is C=C[C@H](CCN[C@@H](CCCCNC(=O)OCc1ccccc1)C(=O)N1CCC[C@H]1C(=O)OC(C)(C)C)[C@H]1COC(C)(C)N1C(=O)OC(C)(C)C. The number of hydrogen-bond acceptors (Lipinski definition) is 9. The van der Waals surface area contributed by atoms with E-state index in [1.54, 1.807) is 9.80 Å². The lowest BCUT2D eigenvalue weighted by Crippen LogP contribution is -2.53. The summed E-state index contributed by atoms with van der Waals surface area (Å²) in [6.07, 6.45) is 4.52. The number of hydrogen-bond donors (Lipinski definition) is 2. The van der Waals surface area contributed by atoms with Crippen molar-refractivity contribution in [2.75, 3.05) is 26.2 Å². The molecule has 0 aliphatic carbocycles. The van der Waals surface area contributed by atoms with Crippen LogP contribution in [-0.2, 0) is 35.1 Å². The number of ether oxygens (including phenoxy) is 4. The molecule has 2 aliphatic rings. The molecule has 0 aromatic heterocycles. The largest absolute Gasteiger partial charge is 0.458 e. The number of rotatable bonds is 15. The molecule has 2 heterocycles. The molecule has 50 heavy (non-hydrogen) atoms. The van der Waals surface area contributed by atoms with E-state index in [0.29, 0.717) is 64.8 Å². The Kier molecular flexibility index (Phi) is 14.7. The lowest BCUT2D eigenvalue weighted by atomic mass is 9.95. The van der Waals surface area contributed by atoms with Crippen LogP contribution in [0.4, 0.5) is 9.59 Å². The Morgan fingerprint density at radius 2 is 1.68 bits per heavy atom. The zero-order valence-electron chi connectivity index (χ0n) is 31.4. The molecule has 0 saturated carbocycles. The number of esters is 1. The van der Waals surface area contributed by atoms with Gasteiger partial charge in [0.05, 0.1) is 18.7 Å². The van der Waals surface area contributed by atoms with Crippen LogP contribution >= 0.6 is 0 Å². The van der Waals surface area contributed by atoms with Crippen LogP contribution in [0.5, 0.6) is 0 Å². The van der Waals surface area contributed by atoms with Gasteiger partial charge < -0.3 is 34.5 Å². The van der Waals surface area contributed by atoms with Gasteiger partial charge in [-0.25, -0.2) is 14.4 Å². The van der Waals surface area contributed by atoms with E-state index >= 15 is 0 Å². The van der Waals surface area contributed by atoms with Crippen molar-refractivity contribution >= 4 is 24.1 Å². The normalized spacial score (nSPS) is 20.2. The second kappa shape index (κ2) is 18.0. The van der Waals surface area contributed by atoms with Crippen molar-refractivity contribution in [1.82, 2.24) is 20.4 Å². The molecule has 12 heteroatoms. The van der Waals surface area contributed by atoms with Crippen molar-refractivity contribution in [3.8, 4) is 0 Å². The van der Waals surface area contributed by atoms with Crippen molar-refractivity contribution in [2.45, 2.75) is 136 Å². The quantitative estimate of drug-likeness (QED) is 0.0987. The maximum atomic E-state index is 14.0. The van der Waals surface area contributed by atoms with Gasteiger partial charge in [-0.2, -0.15) is 0 Å². The van der Waals surface area contributed by atoms with Crippen LogP contribution in [-0.4, -0.2) is 95.2 Å². The molecule has 0 bridgehead atoms. The summed E-state index contributed by atoms with van der Waals surface area (Å²) in [5.74, 6) is -0.678. The van der Waals surface area contributed by atoms with Crippen LogP contribution in [0.25, 0.3) is 0 Å². The predicted molar refractivity (Wildman–Crippen MR) is 191 cm³/mol. The molecular formula is C38H60N4O8. The van der Waals surface area contributed by atoms with Gasteiger partial charge in [-0.1, -0.05) is 36.4 Å². The third-order valence-electron chi connectivity index (χ3n) is 8.69. The molecule has 0 unspecified atom stereocenters. The number of nitrogens with zero attached hydrogens (tertiary/aromatic N) is 2. The van der Waals surface area contributed by atoms with E-state index in [-0.39, 0.29) is 24.5 Å². The first-order valence-corrected chi connectivity index (χ1v) is 17.9. The summed E-state index contributed by atoms with van der Waals surface area (Å²) in [6, 6.07) is 7.97. The molecule has 1 aromatic rings. The zero-order valence-corrected chi connectivity index (χ0v) is 31.4. The molecule has 280 valence electrons. The minimum Gasteiger partial charge on any atom is -0.458 e. The van der Waals surface area contributed by atoms with Crippen molar-refractivity contribution < 1.29 is 38.1 Å². The lowest BCUT2D eigenvalue weighted by Gasteiger charge is -2.37. The van der Waals surface area contributed by atoms with Gasteiger partial charge in [0.1, 0.15) is 29.6 Å². The number of alkyl carbamates (subject to hydrolysis) is 1. The predicted octanol–water partition coefficient (Wildman–Crippen LogP) is 5.94. The van der Waals surface area contributed by atoms with E-state index in [9.17, 15) is 19.2 Å². The molecule has 12 nitrogen and oxygen atoms in total. The standard InChI is InChI=1S/C38H60N4O8/c1-10-28(31-26-48-38(8,9)42(31)35(46)50-37(5,6)7)21-23-39-29(32(43)41-24-16-20-30(41)33(44)49-36(2,3)4)19-14-15-22-40-34(45)47-25-27-17-12-11-13-18-27/h10-13,17-18,28-31,39H,1,14-16,19-26H2,2-9H3,(H,40,45)/t28-,29+,30+,31-/m1/s1. The number of carbonyl (C=O) groups excluding carboxylic acids is 4. The Hall–Kier alpha value is -3.64. The number of nitrogens with one attached hydrogen (secondary N) is 2. The maximum absolute atomic E-state index is 14.0. The topological polar surface area (TPSA) is 136 Å². The van der Waals surface area contributed by atoms with E-state index in [0.717, 1.165) is 5.56 Å². The Morgan fingerprint density at radius 1 is 1.00 bits per heavy atom. The van der Waals surface area contributed by atoms with Crippen molar-refractivity contribution in [1.29, 1.82) is 0 Å². The third-order valence-corrected chi connectivity index (χ3v) is 8.69. The van der Waals surface area contributed by atoms with E-state index in [1.165, 1.54) is 0 Å². The highest BCUT2D eigenvalue weighted by Gasteiger charge is 2.48. The van der Waals surface area contributed by atoms with Crippen molar-refractivity contribution in [3.63, 3.8) is 0 Å². The number of likely N-dealkylation sites (tertiary alicyclic amines) is 1. The van der Waals surface area contributed by atoms with Gasteiger partial charge in [0.25, 0.3) is 0 Å². The Balaban J connectivity index is 1.63. The minimum atomic E-state index is -0.853. The third kappa shape index (κ3) is 12.6. The smallest absolute Gasteiger partial charge is 0.412 e. The zero-order chi connectivity index (χ0) is 37.1. The molecule has 2 N–H and O–H groups in total. The molecule has 4 atom stereocenters. The van der Waals surface area contributed by atoms with E-state index in [4.69, 9.17) is 18.9 Å². The van der Waals surface area contributed by atoms with Gasteiger partial charge >= 0.3 is 18.2 Å². The van der Waals surface area contributed by atoms with Crippen LogP contribution in [0.15, 0.2) is 43.0 Å². The van der Waals surface area contributed by atoms with Crippen LogP contribution in [0, 0.1) is 5.92 Å². The molecule has 2 saturated heterocycles. The number of amides is 3.